The molecule has 1 saturated carbocycles. The molecule has 1 unspecified atom stereocenters. The number of hydrogen-bond donors (Lipinski definition) is 1. The quantitative estimate of drug-likeness (QED) is 0.316. The highest BCUT2D eigenvalue weighted by molar-refractivity contribution is 6.09. The predicted octanol–water partition coefficient (Wildman–Crippen LogP) is 6.13. The van der Waals surface area contributed by atoms with Gasteiger partial charge in [-0.15, -0.1) is 0 Å². The number of ether oxygens (including phenoxy) is 3. The molecule has 2 fully saturated rings. The second kappa shape index (κ2) is 12.5. The van der Waals surface area contributed by atoms with Crippen molar-refractivity contribution < 1.29 is 42.2 Å². The van der Waals surface area contributed by atoms with Crippen LogP contribution in [0.4, 0.5) is 25.0 Å². The average Bonchev–Trinajstić information content (AvgIpc) is 3.37. The minimum Gasteiger partial charge on any atom is -0.487 e. The van der Waals surface area contributed by atoms with Crippen molar-refractivity contribution in [2.24, 2.45) is 0 Å². The summed E-state index contributed by atoms with van der Waals surface area (Å²) in [4.78, 5) is 54.5. The monoisotopic (exact) mass is 619 g/mol. The summed E-state index contributed by atoms with van der Waals surface area (Å²) in [5.74, 6) is -2.76. The van der Waals surface area contributed by atoms with Gasteiger partial charge in [0.1, 0.15) is 17.5 Å². The van der Waals surface area contributed by atoms with Gasteiger partial charge in [0.05, 0.1) is 30.2 Å². The van der Waals surface area contributed by atoms with Crippen molar-refractivity contribution in [3.05, 3.63) is 77.4 Å². The third-order valence-electron chi connectivity index (χ3n) is 8.28. The van der Waals surface area contributed by atoms with Crippen LogP contribution in [0.3, 0.4) is 0 Å². The van der Waals surface area contributed by atoms with Gasteiger partial charge in [-0.2, -0.15) is 0 Å². The number of methoxy groups -OCH3 is 1. The smallest absolute Gasteiger partial charge is 0.418 e. The average molecular weight is 620 g/mol. The van der Waals surface area contributed by atoms with Crippen molar-refractivity contribution in [2.45, 2.75) is 63.6 Å². The topological polar surface area (TPSA) is 114 Å². The first-order valence-corrected chi connectivity index (χ1v) is 14.8. The fourth-order valence-electron chi connectivity index (χ4n) is 6.03. The van der Waals surface area contributed by atoms with Crippen LogP contribution in [0.15, 0.2) is 54.6 Å². The lowest BCUT2D eigenvalue weighted by Gasteiger charge is -2.30. The molecule has 3 aromatic carbocycles. The zero-order chi connectivity index (χ0) is 31.7. The summed E-state index contributed by atoms with van der Waals surface area (Å²) < 4.78 is 44.4. The maximum absolute atomic E-state index is 14.0. The first-order valence-electron chi connectivity index (χ1n) is 14.8. The molecule has 3 aromatic rings. The summed E-state index contributed by atoms with van der Waals surface area (Å²) >= 11 is 0. The molecule has 2 heterocycles. The Bertz CT molecular complexity index is 1660. The predicted molar refractivity (Wildman–Crippen MR) is 157 cm³/mol. The van der Waals surface area contributed by atoms with E-state index in [0.29, 0.717) is 17.0 Å². The van der Waals surface area contributed by atoms with Gasteiger partial charge < -0.3 is 19.1 Å². The van der Waals surface area contributed by atoms with Crippen LogP contribution in [-0.2, 0) is 20.9 Å². The molecule has 1 aliphatic carbocycles. The first-order chi connectivity index (χ1) is 21.7. The molecule has 2 aliphatic heterocycles. The van der Waals surface area contributed by atoms with Crippen LogP contribution in [0.2, 0.25) is 0 Å². The number of halogens is 2. The molecule has 45 heavy (non-hydrogen) atoms. The van der Waals surface area contributed by atoms with Crippen molar-refractivity contribution in [1.82, 2.24) is 10.2 Å². The van der Waals surface area contributed by atoms with Crippen molar-refractivity contribution in [1.29, 1.82) is 0 Å². The number of anilines is 2. The zero-order valence-electron chi connectivity index (χ0n) is 24.5. The number of nitrogens with one attached hydrogen (secondary N) is 1. The van der Waals surface area contributed by atoms with E-state index in [4.69, 9.17) is 14.2 Å². The van der Waals surface area contributed by atoms with Gasteiger partial charge in [0, 0.05) is 19.0 Å². The lowest BCUT2D eigenvalue weighted by molar-refractivity contribution is -0.136. The summed E-state index contributed by atoms with van der Waals surface area (Å²) in [5, 5.41) is 2.31. The highest BCUT2D eigenvalue weighted by Gasteiger charge is 2.42. The minimum atomic E-state index is -1.05. The molecule has 12 heteroatoms. The normalized spacial score (nSPS) is 18.3. The van der Waals surface area contributed by atoms with Crippen molar-refractivity contribution in [2.75, 3.05) is 12.0 Å². The number of piperidine rings is 1. The largest absolute Gasteiger partial charge is 0.487 e. The van der Waals surface area contributed by atoms with Crippen LogP contribution in [0.1, 0.15) is 60.9 Å². The molecule has 234 valence electrons. The Morgan fingerprint density at radius 3 is 2.33 bits per heavy atom. The number of benzene rings is 3. The fraction of sp³-hybridized carbons (Fsp3) is 0.333. The standard InChI is InChI=1S/C33H31F2N3O7/c1-43-33(42)38(20-8-10-22(11-9-20)44-23-12-13-24(34)25(35)17-23)26-14-7-19-18-37(27-15-16-28(39)36-31(27)40)32(41)29(19)30(26)45-21-5-3-2-4-6-21/h7-14,17,21,27H,2-6,15-16,18H2,1H3,(H,36,39,40). The highest BCUT2D eigenvalue weighted by atomic mass is 19.2. The molecule has 1 atom stereocenters. The number of carbonyl (C=O) groups excluding carboxylic acids is 4. The Morgan fingerprint density at radius 2 is 1.64 bits per heavy atom. The van der Waals surface area contributed by atoms with Crippen LogP contribution in [0.25, 0.3) is 0 Å². The summed E-state index contributed by atoms with van der Waals surface area (Å²) in [6.45, 7) is 0.149. The van der Waals surface area contributed by atoms with Crippen molar-refractivity contribution in [3.63, 3.8) is 0 Å². The summed E-state index contributed by atoms with van der Waals surface area (Å²) in [5.41, 5.74) is 1.54. The number of fused-ring (bicyclic) bond motifs is 1. The lowest BCUT2D eigenvalue weighted by atomic mass is 9.97. The number of amides is 4. The summed E-state index contributed by atoms with van der Waals surface area (Å²) in [6.07, 6.45) is 3.97. The van der Waals surface area contributed by atoms with E-state index in [0.717, 1.165) is 44.2 Å². The van der Waals surface area contributed by atoms with Crippen LogP contribution >= 0.6 is 0 Å². The van der Waals surface area contributed by atoms with Crippen molar-refractivity contribution >= 4 is 35.2 Å². The van der Waals surface area contributed by atoms with Gasteiger partial charge >= 0.3 is 6.09 Å². The van der Waals surface area contributed by atoms with Crippen LogP contribution < -0.4 is 19.7 Å². The number of imide groups is 1. The van der Waals surface area contributed by atoms with Crippen LogP contribution in [-0.4, -0.2) is 48.0 Å². The van der Waals surface area contributed by atoms with Crippen molar-refractivity contribution in [3.8, 4) is 17.2 Å². The van der Waals surface area contributed by atoms with Crippen LogP contribution in [0.5, 0.6) is 17.2 Å². The van der Waals surface area contributed by atoms with E-state index in [1.165, 1.54) is 23.0 Å². The molecule has 0 bridgehead atoms. The third-order valence-corrected chi connectivity index (χ3v) is 8.28. The molecule has 1 N–H and O–H groups in total. The van der Waals surface area contributed by atoms with Gasteiger partial charge in [-0.25, -0.2) is 18.5 Å². The van der Waals surface area contributed by atoms with E-state index in [2.05, 4.69) is 5.32 Å². The lowest BCUT2D eigenvalue weighted by Crippen LogP contribution is -2.52. The number of carbonyl (C=O) groups is 4. The molecule has 0 aromatic heterocycles. The molecule has 10 nitrogen and oxygen atoms in total. The Balaban J connectivity index is 1.37. The second-order valence-electron chi connectivity index (χ2n) is 11.2. The maximum atomic E-state index is 14.0. The summed E-state index contributed by atoms with van der Waals surface area (Å²) in [6, 6.07) is 12.0. The SMILES string of the molecule is COC(=O)N(c1ccc(Oc2ccc(F)c(F)c2)cc1)c1ccc2c(c1OC1CCCCC1)C(=O)N(C1CCC(=O)NC1=O)C2. The maximum Gasteiger partial charge on any atom is 0.418 e. The molecule has 4 amide bonds. The molecule has 0 radical (unpaired) electrons. The molecule has 6 rings (SSSR count). The first kappa shape index (κ1) is 30.0. The van der Waals surface area contributed by atoms with E-state index in [-0.39, 0.29) is 54.1 Å². The minimum absolute atomic E-state index is 0.0901. The van der Waals surface area contributed by atoms with E-state index in [1.54, 1.807) is 36.4 Å². The van der Waals surface area contributed by atoms with Gasteiger partial charge in [-0.3, -0.25) is 19.7 Å². The molecular weight excluding hydrogens is 588 g/mol. The highest BCUT2D eigenvalue weighted by Crippen LogP contribution is 2.44. The van der Waals surface area contributed by atoms with E-state index in [1.807, 2.05) is 0 Å². The van der Waals surface area contributed by atoms with E-state index in [9.17, 15) is 28.0 Å². The Hall–Kier alpha value is -5.00. The molecule has 3 aliphatic rings. The Labute approximate surface area is 257 Å². The zero-order valence-corrected chi connectivity index (χ0v) is 24.5. The molecular formula is C33H31F2N3O7. The van der Waals surface area contributed by atoms with Gasteiger partial charge in [-0.05, 0) is 80.1 Å². The van der Waals surface area contributed by atoms with Crippen LogP contribution in [0, 0.1) is 11.6 Å². The fourth-order valence-corrected chi connectivity index (χ4v) is 6.03. The van der Waals surface area contributed by atoms with E-state index < -0.39 is 35.6 Å². The third kappa shape index (κ3) is 6.04. The number of nitrogens with zero attached hydrogens (tertiary/aromatic N) is 2. The Kier molecular flexibility index (Phi) is 8.38. The van der Waals surface area contributed by atoms with Gasteiger partial charge in [0.25, 0.3) is 5.91 Å². The van der Waals surface area contributed by atoms with Gasteiger partial charge in [0.15, 0.2) is 17.4 Å². The number of hydrogen-bond acceptors (Lipinski definition) is 7. The number of rotatable bonds is 7. The Morgan fingerprint density at radius 1 is 0.911 bits per heavy atom. The van der Waals surface area contributed by atoms with E-state index >= 15 is 0 Å². The second-order valence-corrected chi connectivity index (χ2v) is 11.2. The summed E-state index contributed by atoms with van der Waals surface area (Å²) in [7, 11) is 1.24. The van der Waals surface area contributed by atoms with Gasteiger partial charge in [0.2, 0.25) is 11.8 Å². The van der Waals surface area contributed by atoms with Gasteiger partial charge in [-0.1, -0.05) is 12.5 Å². The molecule has 0 spiro atoms. The molecule has 1 saturated heterocycles.